The largest absolute Gasteiger partial charge is 0.872 e. The maximum Gasteiger partial charge on any atom is 0.479 e. The van der Waals surface area contributed by atoms with Gasteiger partial charge in [-0.1, -0.05) is 35.5 Å². The maximum absolute atomic E-state index is 13.4. The van der Waals surface area contributed by atoms with Crippen LogP contribution in [0.4, 0.5) is 0 Å². The van der Waals surface area contributed by atoms with Gasteiger partial charge in [-0.05, 0) is 24.3 Å². The monoisotopic (exact) mass is 854 g/mol. The number of fused-ring (bicyclic) bond motifs is 6. The third kappa shape index (κ3) is 7.24. The zero-order valence-electron chi connectivity index (χ0n) is 29.6. The fourth-order valence-electron chi connectivity index (χ4n) is 6.84. The number of aliphatic hydroxyl groups excluding tert-OH is 2. The van der Waals surface area contributed by atoms with Gasteiger partial charge in [-0.15, -0.1) is 16.6 Å². The van der Waals surface area contributed by atoms with Crippen molar-refractivity contribution in [3.8, 4) is 23.0 Å². The van der Waals surface area contributed by atoms with Crippen molar-refractivity contribution in [3.63, 3.8) is 0 Å². The molecule has 2 unspecified atom stereocenters. The van der Waals surface area contributed by atoms with Crippen molar-refractivity contribution in [2.24, 2.45) is 0 Å². The Labute approximate surface area is 328 Å². The third-order valence-electron chi connectivity index (χ3n) is 9.53. The second-order valence-corrected chi connectivity index (χ2v) is 16.6. The van der Waals surface area contributed by atoms with Gasteiger partial charge in [0.2, 0.25) is 0 Å². The summed E-state index contributed by atoms with van der Waals surface area (Å²) in [7, 11) is -10.6. The van der Waals surface area contributed by atoms with E-state index in [0.29, 0.717) is 16.7 Å². The summed E-state index contributed by atoms with van der Waals surface area (Å²) in [5, 5.41) is 54.8. The van der Waals surface area contributed by atoms with Crippen molar-refractivity contribution >= 4 is 32.7 Å². The summed E-state index contributed by atoms with van der Waals surface area (Å²) in [6.45, 7) is -1.25. The molecule has 3 aromatic carbocycles. The molecule has 23 nitrogen and oxygen atoms in total. The lowest BCUT2D eigenvalue weighted by molar-refractivity contribution is -0.268. The summed E-state index contributed by atoms with van der Waals surface area (Å²) in [5.74, 6) is -2.00. The number of hydrogen-bond acceptors (Lipinski definition) is 17. The number of aromatic nitrogens is 5. The van der Waals surface area contributed by atoms with Gasteiger partial charge in [0, 0.05) is 41.1 Å². The highest BCUT2D eigenvalue weighted by Crippen LogP contribution is 2.59. The number of rotatable bonds is 11. The van der Waals surface area contributed by atoms with Crippen LogP contribution < -0.4 is 37.0 Å². The molecule has 3 aliphatic rings. The van der Waals surface area contributed by atoms with Crippen LogP contribution in [-0.2, 0) is 39.6 Å². The van der Waals surface area contributed by atoms with Gasteiger partial charge in [-0.25, -0.2) is 23.1 Å². The van der Waals surface area contributed by atoms with E-state index in [2.05, 4.69) is 19.9 Å². The topological polar surface area (TPSA) is 339 Å². The number of carbonyl (C=O) groups excluding carboxylic acids is 2. The molecule has 1 amide bonds. The van der Waals surface area contributed by atoms with Gasteiger partial charge in [-0.3, -0.25) is 28.2 Å². The van der Waals surface area contributed by atoms with E-state index in [-0.39, 0.29) is 47.2 Å². The molecule has 25 heteroatoms. The lowest BCUT2D eigenvalue weighted by atomic mass is 9.77. The summed E-state index contributed by atoms with van der Waals surface area (Å²) in [6, 6.07) is 13.1. The van der Waals surface area contributed by atoms with Gasteiger partial charge < -0.3 is 49.7 Å². The number of ether oxygens (including phenoxy) is 3. The van der Waals surface area contributed by atoms with E-state index in [0.717, 1.165) is 27.7 Å². The number of nitrogens with one attached hydrogen (secondary N) is 2. The first kappa shape index (κ1) is 39.8. The predicted molar refractivity (Wildman–Crippen MR) is 190 cm³/mol. The second kappa shape index (κ2) is 14.7. The zero-order valence-corrected chi connectivity index (χ0v) is 31.4. The van der Waals surface area contributed by atoms with Crippen molar-refractivity contribution in [2.75, 3.05) is 13.2 Å². The van der Waals surface area contributed by atoms with Gasteiger partial charge in [0.25, 0.3) is 11.5 Å². The summed E-state index contributed by atoms with van der Waals surface area (Å²) in [4.78, 5) is 72.5. The van der Waals surface area contributed by atoms with Gasteiger partial charge >= 0.3 is 27.1 Å². The van der Waals surface area contributed by atoms with Crippen molar-refractivity contribution in [3.05, 3.63) is 122 Å². The van der Waals surface area contributed by atoms with Crippen LogP contribution in [0.2, 0.25) is 0 Å². The lowest BCUT2D eigenvalue weighted by Gasteiger charge is -2.37. The predicted octanol–water partition coefficient (Wildman–Crippen LogP) is -1.46. The Morgan fingerprint density at radius 1 is 0.949 bits per heavy atom. The number of aromatic amines is 1. The zero-order chi connectivity index (χ0) is 42.0. The number of esters is 1. The number of amides is 1. The Balaban J connectivity index is 0.892. The molecular formula is C34H28N6O17P2-2. The van der Waals surface area contributed by atoms with Crippen molar-refractivity contribution < 1.29 is 72.0 Å². The first-order chi connectivity index (χ1) is 28.0. The highest BCUT2D eigenvalue weighted by molar-refractivity contribution is 7.69. The molecule has 1 spiro atoms. The number of benzene rings is 3. The number of carbonyl (C=O) groups is 2. The molecule has 59 heavy (non-hydrogen) atoms. The van der Waals surface area contributed by atoms with E-state index < -0.39 is 80.7 Å². The molecule has 308 valence electrons. The van der Waals surface area contributed by atoms with Crippen LogP contribution in [0.3, 0.4) is 0 Å². The molecule has 1 fully saturated rings. The molecule has 1 saturated heterocycles. The van der Waals surface area contributed by atoms with Crippen LogP contribution in [0, 0.1) is 0 Å². The Morgan fingerprint density at radius 3 is 2.31 bits per heavy atom. The molecule has 0 saturated carbocycles. The summed E-state index contributed by atoms with van der Waals surface area (Å²) >= 11 is 0. The van der Waals surface area contributed by atoms with E-state index in [4.69, 9.17) is 18.7 Å². The minimum atomic E-state index is -5.40. The summed E-state index contributed by atoms with van der Waals surface area (Å²) < 4.78 is 53.7. The highest BCUT2D eigenvalue weighted by Gasteiger charge is 2.53. The van der Waals surface area contributed by atoms with Crippen LogP contribution in [0.1, 0.15) is 43.6 Å². The van der Waals surface area contributed by atoms with Crippen LogP contribution >= 0.6 is 15.4 Å². The molecule has 0 bridgehead atoms. The molecule has 3 aliphatic heterocycles. The Morgan fingerprint density at radius 2 is 1.63 bits per heavy atom. The van der Waals surface area contributed by atoms with E-state index in [9.17, 15) is 58.5 Å². The van der Waals surface area contributed by atoms with Crippen LogP contribution in [-0.4, -0.2) is 87.9 Å². The number of H-pyrrole nitrogens is 1. The molecule has 2 aromatic heterocycles. The Hall–Kier alpha value is -6.00. The molecule has 0 radical (unpaired) electrons. The lowest BCUT2D eigenvalue weighted by Crippen LogP contribution is -2.37. The number of aliphatic hydroxyl groups is 2. The average molecular weight is 855 g/mol. The molecular weight excluding hydrogens is 826 g/mol. The summed E-state index contributed by atoms with van der Waals surface area (Å²) in [5.41, 5.74) is -3.00. The third-order valence-corrected chi connectivity index (χ3v) is 12.5. The first-order valence-corrected chi connectivity index (χ1v) is 20.3. The minimum Gasteiger partial charge on any atom is -0.872 e. The SMILES string of the molecule is O=C(NCCn1cc(P(=O)(O)OP(=O)(O)OC[C@H]2O[C@@H](n3ccc(=O)[nH]c3=O)[C@H](O)[C@@H]2O)nn1)c1ccc2c(c1)C(=O)OC21c2ccc([O-])cc2Oc2cc([O-])ccc21. The van der Waals surface area contributed by atoms with Crippen molar-refractivity contribution in [1.82, 2.24) is 29.9 Å². The molecule has 0 aliphatic carbocycles. The normalized spacial score (nSPS) is 22.0. The average Bonchev–Trinajstić information content (AvgIpc) is 3.85. The van der Waals surface area contributed by atoms with Gasteiger partial charge in [0.05, 0.1) is 24.9 Å². The number of phosphoric ester groups is 1. The molecule has 6 atom stereocenters. The molecule has 5 aromatic rings. The maximum atomic E-state index is 13.4. The Kier molecular flexibility index (Phi) is 9.90. The second-order valence-electron chi connectivity index (χ2n) is 13.3. The summed E-state index contributed by atoms with van der Waals surface area (Å²) in [6.07, 6.45) is -4.71. The quantitative estimate of drug-likeness (QED) is 0.0653. The van der Waals surface area contributed by atoms with Crippen molar-refractivity contribution in [1.29, 1.82) is 0 Å². The standard InChI is InChI=1S/C34H30N6O17P2/c41-17-2-5-21-23(12-17)54-24-13-18(42)3-6-22(24)34(21)20-4-1-16(11-19(20)32(47)56-34)30(46)35-8-10-39-14-27(37-38-39)58(49,50)57-59(51,52)53-15-25-28(44)29(45)31(55-25)40-9-7-26(43)36-33(40)48/h1-7,9,11-14,25,28-29,31,41-42,44-45H,8,10,15H2,(H,35,46)(H,49,50)(H,51,52)(H,36,43,48)/p-2/t25-,28-,29-,31-/m1/s1. The van der Waals surface area contributed by atoms with E-state index >= 15 is 0 Å². The molecule has 8 rings (SSSR count). The van der Waals surface area contributed by atoms with Gasteiger partial charge in [0.15, 0.2) is 17.3 Å². The molecule has 5 heterocycles. The first-order valence-electron chi connectivity index (χ1n) is 17.2. The minimum absolute atomic E-state index is 0.0370. The fourth-order valence-corrected chi connectivity index (χ4v) is 9.25. The number of nitrogens with zero attached hydrogens (tertiary/aromatic N) is 4. The smallest absolute Gasteiger partial charge is 0.479 e. The fraction of sp³-hybridized carbons (Fsp3) is 0.235. The van der Waals surface area contributed by atoms with Crippen molar-refractivity contribution in [2.45, 2.75) is 36.7 Å². The molecule has 6 N–H and O–H groups in total. The van der Waals surface area contributed by atoms with Crippen LogP contribution in [0.5, 0.6) is 23.0 Å². The van der Waals surface area contributed by atoms with Crippen LogP contribution in [0.15, 0.2) is 82.6 Å². The number of phosphoric acid groups is 1. The van der Waals surface area contributed by atoms with Gasteiger partial charge in [-0.2, -0.15) is 0 Å². The van der Waals surface area contributed by atoms with Gasteiger partial charge in [0.1, 0.15) is 29.8 Å². The van der Waals surface area contributed by atoms with E-state index in [1.807, 2.05) is 4.98 Å². The highest BCUT2D eigenvalue weighted by atomic mass is 31.3. The Bertz CT molecular complexity index is 2700. The van der Waals surface area contributed by atoms with Crippen LogP contribution in [0.25, 0.3) is 0 Å². The van der Waals surface area contributed by atoms with E-state index in [1.54, 1.807) is 0 Å². The van der Waals surface area contributed by atoms with E-state index in [1.165, 1.54) is 54.6 Å². The number of hydrogen-bond donors (Lipinski definition) is 6.